The Balaban J connectivity index is 1.29. The van der Waals surface area contributed by atoms with Crippen LogP contribution >= 0.6 is 11.3 Å². The summed E-state index contributed by atoms with van der Waals surface area (Å²) in [4.78, 5) is 7.05. The van der Waals surface area contributed by atoms with Gasteiger partial charge in [-0.25, -0.2) is 18.1 Å². The van der Waals surface area contributed by atoms with Crippen LogP contribution in [0, 0.1) is 5.92 Å². The fraction of sp³-hybridized carbons (Fsp3) is 0.350. The normalized spacial score (nSPS) is 16.1. The molecule has 7 heteroatoms. The molecule has 0 atom stereocenters. The van der Waals surface area contributed by atoms with Crippen LogP contribution in [0.5, 0.6) is 0 Å². The van der Waals surface area contributed by atoms with Gasteiger partial charge >= 0.3 is 0 Å². The largest absolute Gasteiger partial charge is 0.348 e. The van der Waals surface area contributed by atoms with Gasteiger partial charge in [0, 0.05) is 19.6 Å². The van der Waals surface area contributed by atoms with E-state index in [0.717, 1.165) is 42.1 Å². The Morgan fingerprint density at radius 3 is 2.48 bits per heavy atom. The maximum atomic E-state index is 12.3. The molecule has 0 spiro atoms. The summed E-state index contributed by atoms with van der Waals surface area (Å²) in [7, 11) is -3.29. The van der Waals surface area contributed by atoms with Crippen LogP contribution in [0.15, 0.2) is 54.6 Å². The van der Waals surface area contributed by atoms with Crippen LogP contribution in [-0.2, 0) is 15.8 Å². The molecule has 1 aliphatic rings. The number of sulfonamides is 1. The van der Waals surface area contributed by atoms with Crippen molar-refractivity contribution in [1.29, 1.82) is 0 Å². The fourth-order valence-corrected chi connectivity index (χ4v) is 5.65. The number of aromatic nitrogens is 1. The Morgan fingerprint density at radius 2 is 1.74 bits per heavy atom. The van der Waals surface area contributed by atoms with Crippen LogP contribution < -0.4 is 9.62 Å². The van der Waals surface area contributed by atoms with Crippen molar-refractivity contribution < 1.29 is 8.42 Å². The number of benzene rings is 2. The first-order chi connectivity index (χ1) is 13.1. The van der Waals surface area contributed by atoms with E-state index in [2.05, 4.69) is 15.7 Å². The van der Waals surface area contributed by atoms with E-state index in [1.165, 1.54) is 4.70 Å². The third kappa shape index (κ3) is 4.66. The molecule has 1 saturated heterocycles. The Bertz CT molecular complexity index is 961. The van der Waals surface area contributed by atoms with E-state index in [1.54, 1.807) is 11.3 Å². The van der Waals surface area contributed by atoms with Crippen molar-refractivity contribution in [3.8, 4) is 0 Å². The number of hydrogen-bond donors (Lipinski definition) is 1. The molecule has 4 rings (SSSR count). The monoisotopic (exact) mass is 401 g/mol. The second-order valence-electron chi connectivity index (χ2n) is 6.99. The third-order valence-electron chi connectivity index (χ3n) is 4.96. The molecule has 0 unspecified atom stereocenters. The summed E-state index contributed by atoms with van der Waals surface area (Å²) in [6.07, 6.45) is 1.95. The van der Waals surface area contributed by atoms with Crippen LogP contribution in [0.3, 0.4) is 0 Å². The zero-order valence-corrected chi connectivity index (χ0v) is 16.7. The number of hydrogen-bond acceptors (Lipinski definition) is 5. The number of piperidine rings is 1. The third-order valence-corrected chi connectivity index (χ3v) is 7.38. The van der Waals surface area contributed by atoms with Crippen molar-refractivity contribution in [2.75, 3.05) is 24.5 Å². The van der Waals surface area contributed by atoms with Crippen LogP contribution in [0.25, 0.3) is 10.2 Å². The lowest BCUT2D eigenvalue weighted by molar-refractivity contribution is 0.402. The SMILES string of the molecule is O=S(=O)(Cc1ccccc1)NCC1CCN(c2nc3ccccc3s2)CC1. The highest BCUT2D eigenvalue weighted by atomic mass is 32.2. The molecule has 142 valence electrons. The molecule has 0 aliphatic carbocycles. The van der Waals surface area contributed by atoms with Crippen LogP contribution in [0.1, 0.15) is 18.4 Å². The molecule has 0 radical (unpaired) electrons. The molecular weight excluding hydrogens is 378 g/mol. The number of nitrogens with one attached hydrogen (secondary N) is 1. The number of thiazole rings is 1. The number of rotatable bonds is 6. The molecule has 0 saturated carbocycles. The van der Waals surface area contributed by atoms with Crippen molar-refractivity contribution in [2.24, 2.45) is 5.92 Å². The molecule has 1 N–H and O–H groups in total. The van der Waals surface area contributed by atoms with Crippen molar-refractivity contribution in [2.45, 2.75) is 18.6 Å². The summed E-state index contributed by atoms with van der Waals surface area (Å²) in [6.45, 7) is 2.36. The standard InChI is InChI=1S/C20H23N3O2S2/c24-27(25,15-17-6-2-1-3-7-17)21-14-16-10-12-23(13-11-16)20-22-18-8-4-5-9-19(18)26-20/h1-9,16,21H,10-15H2. The summed E-state index contributed by atoms with van der Waals surface area (Å²) in [6, 6.07) is 17.5. The van der Waals surface area contributed by atoms with E-state index in [9.17, 15) is 8.42 Å². The molecule has 27 heavy (non-hydrogen) atoms. The van der Waals surface area contributed by atoms with E-state index in [4.69, 9.17) is 4.98 Å². The molecule has 1 fully saturated rings. The summed E-state index contributed by atoms with van der Waals surface area (Å²) < 4.78 is 28.6. The molecule has 3 aromatic rings. The summed E-state index contributed by atoms with van der Waals surface area (Å²) in [5, 5.41) is 1.07. The molecule has 2 aromatic carbocycles. The zero-order chi connectivity index (χ0) is 18.7. The maximum Gasteiger partial charge on any atom is 0.215 e. The van der Waals surface area contributed by atoms with Gasteiger partial charge in [-0.1, -0.05) is 53.8 Å². The van der Waals surface area contributed by atoms with Crippen molar-refractivity contribution in [1.82, 2.24) is 9.71 Å². The average molecular weight is 402 g/mol. The maximum absolute atomic E-state index is 12.3. The molecule has 2 heterocycles. The van der Waals surface area contributed by atoms with Crippen molar-refractivity contribution in [3.63, 3.8) is 0 Å². The molecule has 1 aromatic heterocycles. The Kier molecular flexibility index (Phi) is 5.43. The van der Waals surface area contributed by atoms with E-state index in [-0.39, 0.29) is 5.75 Å². The highest BCUT2D eigenvalue weighted by Crippen LogP contribution is 2.31. The van der Waals surface area contributed by atoms with Gasteiger partial charge in [-0.15, -0.1) is 0 Å². The van der Waals surface area contributed by atoms with Crippen molar-refractivity contribution in [3.05, 3.63) is 60.2 Å². The van der Waals surface area contributed by atoms with Crippen molar-refractivity contribution >= 4 is 36.7 Å². The summed E-state index contributed by atoms with van der Waals surface area (Å²) >= 11 is 1.73. The van der Waals surface area contributed by atoms with Gasteiger partial charge in [0.2, 0.25) is 10.0 Å². The van der Waals surface area contributed by atoms with E-state index in [0.29, 0.717) is 12.5 Å². The van der Waals surface area contributed by atoms with Crippen LogP contribution in [0.4, 0.5) is 5.13 Å². The van der Waals surface area contributed by atoms with Gasteiger partial charge in [0.25, 0.3) is 0 Å². The summed E-state index contributed by atoms with van der Waals surface area (Å²) in [5.41, 5.74) is 1.86. The minimum atomic E-state index is -3.29. The Morgan fingerprint density at radius 1 is 1.04 bits per heavy atom. The van der Waals surface area contributed by atoms with E-state index >= 15 is 0 Å². The number of anilines is 1. The van der Waals surface area contributed by atoms with Crippen LogP contribution in [0.2, 0.25) is 0 Å². The highest BCUT2D eigenvalue weighted by molar-refractivity contribution is 7.88. The first-order valence-corrected chi connectivity index (χ1v) is 11.7. The van der Waals surface area contributed by atoms with Gasteiger partial charge in [0.05, 0.1) is 16.0 Å². The average Bonchev–Trinajstić information content (AvgIpc) is 3.12. The molecule has 1 aliphatic heterocycles. The van der Waals surface area contributed by atoms with Crippen LogP contribution in [-0.4, -0.2) is 33.0 Å². The predicted octanol–water partition coefficient (Wildman–Crippen LogP) is 3.63. The fourth-order valence-electron chi connectivity index (χ4n) is 3.41. The van der Waals surface area contributed by atoms with Gasteiger partial charge in [-0.05, 0) is 36.5 Å². The Labute approximate surface area is 164 Å². The first-order valence-electron chi connectivity index (χ1n) is 9.21. The molecule has 5 nitrogen and oxygen atoms in total. The lowest BCUT2D eigenvalue weighted by atomic mass is 9.97. The molecule has 0 amide bonds. The number of nitrogens with zero attached hydrogens (tertiary/aromatic N) is 2. The second kappa shape index (κ2) is 7.96. The quantitative estimate of drug-likeness (QED) is 0.685. The van der Waals surface area contributed by atoms with Gasteiger partial charge < -0.3 is 4.90 Å². The van der Waals surface area contributed by atoms with Gasteiger partial charge in [-0.2, -0.15) is 0 Å². The lowest BCUT2D eigenvalue weighted by Crippen LogP contribution is -2.38. The zero-order valence-electron chi connectivity index (χ0n) is 15.0. The van der Waals surface area contributed by atoms with Gasteiger partial charge in [0.1, 0.15) is 0 Å². The van der Waals surface area contributed by atoms with E-state index < -0.39 is 10.0 Å². The van der Waals surface area contributed by atoms with Gasteiger partial charge in [0.15, 0.2) is 5.13 Å². The summed E-state index contributed by atoms with van der Waals surface area (Å²) in [5.74, 6) is 0.416. The number of fused-ring (bicyclic) bond motifs is 1. The molecule has 0 bridgehead atoms. The number of para-hydroxylation sites is 1. The van der Waals surface area contributed by atoms with E-state index in [1.807, 2.05) is 48.5 Å². The lowest BCUT2D eigenvalue weighted by Gasteiger charge is -2.31. The second-order valence-corrected chi connectivity index (χ2v) is 9.80. The predicted molar refractivity (Wildman–Crippen MR) is 112 cm³/mol. The topological polar surface area (TPSA) is 62.3 Å². The minimum Gasteiger partial charge on any atom is -0.348 e. The van der Waals surface area contributed by atoms with Gasteiger partial charge in [-0.3, -0.25) is 0 Å². The highest BCUT2D eigenvalue weighted by Gasteiger charge is 2.23. The molecular formula is C20H23N3O2S2. The first kappa shape index (κ1) is 18.4. The Hall–Kier alpha value is -1.96. The minimum absolute atomic E-state index is 0.0401. The smallest absolute Gasteiger partial charge is 0.215 e.